The minimum atomic E-state index is -0.690. The molecule has 16 heteroatoms. The number of carbonyl (C=O) groups is 4. The summed E-state index contributed by atoms with van der Waals surface area (Å²) in [7, 11) is 2.59. The highest BCUT2D eigenvalue weighted by Gasteiger charge is 2.39. The molecule has 2 aliphatic heterocycles. The molecule has 6 heterocycles. The molecule has 0 spiro atoms. The van der Waals surface area contributed by atoms with Crippen molar-refractivity contribution in [1.29, 1.82) is 0 Å². The first kappa shape index (κ1) is 41.0. The molecule has 2 unspecified atom stereocenters. The van der Waals surface area contributed by atoms with E-state index in [4.69, 9.17) is 19.4 Å². The van der Waals surface area contributed by atoms with Gasteiger partial charge in [0.05, 0.1) is 58.6 Å². The Hall–Kier alpha value is -5.74. The van der Waals surface area contributed by atoms with Crippen molar-refractivity contribution in [3.63, 3.8) is 0 Å². The number of hydrogen-bond acceptors (Lipinski definition) is 10. The number of thiophene rings is 2. The molecule has 2 fully saturated rings. The van der Waals surface area contributed by atoms with Crippen molar-refractivity contribution in [3.05, 3.63) is 71.1 Å². The number of fused-ring (bicyclic) bond motifs is 2. The van der Waals surface area contributed by atoms with Crippen LogP contribution in [0.25, 0.3) is 53.9 Å². The predicted octanol–water partition coefficient (Wildman–Crippen LogP) is 8.65. The SMILES string of the molecule is COC(=O)N[C@H](C(=O)N1CCCC1c1ncc(-c2csc3c(-c4ccc(-c5ccc6nc(C7CCCN7C(=O)[C@@H](NC(=O)OC)C(C)C)[nH]c6c5)cc4)csc23)[nH]1)C(C)C. The molecule has 4 atom stereocenters. The third-order valence-corrected chi connectivity index (χ3v) is 13.8. The number of aromatic nitrogens is 4. The fraction of sp³-hybridized carbons (Fsp3) is 0.409. The van der Waals surface area contributed by atoms with E-state index < -0.39 is 24.3 Å². The summed E-state index contributed by atoms with van der Waals surface area (Å²) in [4.78, 5) is 71.7. The number of methoxy groups -OCH3 is 2. The van der Waals surface area contributed by atoms with Crippen molar-refractivity contribution < 1.29 is 28.7 Å². The van der Waals surface area contributed by atoms with Gasteiger partial charge in [-0.15, -0.1) is 22.7 Å². The van der Waals surface area contributed by atoms with Crippen LogP contribution in [0.15, 0.2) is 59.4 Å². The van der Waals surface area contributed by atoms with E-state index in [1.54, 1.807) is 22.7 Å². The molecule has 60 heavy (non-hydrogen) atoms. The number of ether oxygens (including phenoxy) is 2. The normalized spacial score (nSPS) is 17.8. The van der Waals surface area contributed by atoms with Crippen LogP contribution < -0.4 is 10.6 Å². The second-order valence-corrected chi connectivity index (χ2v) is 17.9. The molecule has 8 rings (SSSR count). The fourth-order valence-electron chi connectivity index (χ4n) is 8.44. The summed E-state index contributed by atoms with van der Waals surface area (Å²) in [6.45, 7) is 8.83. The van der Waals surface area contributed by atoms with E-state index in [9.17, 15) is 19.2 Å². The van der Waals surface area contributed by atoms with E-state index in [2.05, 4.69) is 67.8 Å². The van der Waals surface area contributed by atoms with Crippen molar-refractivity contribution in [3.8, 4) is 33.5 Å². The minimum absolute atomic E-state index is 0.105. The highest BCUT2D eigenvalue weighted by atomic mass is 32.1. The highest BCUT2D eigenvalue weighted by Crippen LogP contribution is 2.44. The molecule has 314 valence electrons. The number of nitrogens with one attached hydrogen (secondary N) is 4. The van der Waals surface area contributed by atoms with Gasteiger partial charge in [-0.25, -0.2) is 19.6 Å². The Morgan fingerprint density at radius 1 is 0.717 bits per heavy atom. The molecule has 2 aliphatic rings. The molecule has 14 nitrogen and oxygen atoms in total. The largest absolute Gasteiger partial charge is 0.453 e. The average molecular weight is 851 g/mol. The summed E-state index contributed by atoms with van der Waals surface area (Å²) in [6, 6.07) is 13.0. The van der Waals surface area contributed by atoms with Gasteiger partial charge >= 0.3 is 12.2 Å². The van der Waals surface area contributed by atoms with Crippen LogP contribution in [0, 0.1) is 11.8 Å². The predicted molar refractivity (Wildman–Crippen MR) is 234 cm³/mol. The van der Waals surface area contributed by atoms with Gasteiger partial charge in [0.2, 0.25) is 11.8 Å². The number of rotatable bonds is 11. The van der Waals surface area contributed by atoms with E-state index >= 15 is 0 Å². The summed E-state index contributed by atoms with van der Waals surface area (Å²) in [5, 5.41) is 9.80. The van der Waals surface area contributed by atoms with E-state index in [1.165, 1.54) is 29.2 Å². The number of carbonyl (C=O) groups excluding carboxylic acids is 4. The zero-order valence-electron chi connectivity index (χ0n) is 34.5. The number of amides is 4. The Bertz CT molecular complexity index is 2540. The van der Waals surface area contributed by atoms with E-state index in [0.717, 1.165) is 76.3 Å². The monoisotopic (exact) mass is 850 g/mol. The van der Waals surface area contributed by atoms with Crippen LogP contribution in [0.2, 0.25) is 0 Å². The number of nitrogens with zero attached hydrogens (tertiary/aromatic N) is 4. The maximum Gasteiger partial charge on any atom is 0.407 e. The number of aromatic amines is 2. The Morgan fingerprint density at radius 2 is 1.25 bits per heavy atom. The molecule has 2 saturated heterocycles. The molecule has 6 aromatic rings. The van der Waals surface area contributed by atoms with Crippen LogP contribution in [0.3, 0.4) is 0 Å². The van der Waals surface area contributed by atoms with Crippen molar-refractivity contribution >= 4 is 67.1 Å². The molecular formula is C44H50N8O6S2. The quantitative estimate of drug-likeness (QED) is 0.100. The lowest BCUT2D eigenvalue weighted by molar-refractivity contribution is -0.136. The number of imidazole rings is 2. The first-order valence-electron chi connectivity index (χ1n) is 20.4. The highest BCUT2D eigenvalue weighted by molar-refractivity contribution is 7.27. The Labute approximate surface area is 356 Å². The molecule has 4 N–H and O–H groups in total. The third-order valence-electron chi connectivity index (χ3n) is 11.7. The third kappa shape index (κ3) is 7.85. The maximum atomic E-state index is 13.7. The van der Waals surface area contributed by atoms with Gasteiger partial charge in [-0.05, 0) is 66.3 Å². The van der Waals surface area contributed by atoms with Gasteiger partial charge in [-0.1, -0.05) is 58.0 Å². The lowest BCUT2D eigenvalue weighted by Gasteiger charge is -2.30. The summed E-state index contributed by atoms with van der Waals surface area (Å²) >= 11 is 3.42. The fourth-order valence-corrected chi connectivity index (χ4v) is 10.9. The molecular weight excluding hydrogens is 801 g/mol. The van der Waals surface area contributed by atoms with Gasteiger partial charge in [0.1, 0.15) is 23.7 Å². The van der Waals surface area contributed by atoms with Gasteiger partial charge in [-0.2, -0.15) is 0 Å². The Morgan fingerprint density at radius 3 is 1.83 bits per heavy atom. The van der Waals surface area contributed by atoms with E-state index in [1.807, 2.05) is 49.8 Å². The van der Waals surface area contributed by atoms with E-state index in [-0.39, 0.29) is 35.7 Å². The van der Waals surface area contributed by atoms with Gasteiger partial charge < -0.3 is 39.9 Å². The van der Waals surface area contributed by atoms with Crippen LogP contribution in [-0.2, 0) is 19.1 Å². The summed E-state index contributed by atoms with van der Waals surface area (Å²) in [5.41, 5.74) is 8.15. The van der Waals surface area contributed by atoms with Crippen LogP contribution in [-0.4, -0.2) is 93.1 Å². The molecule has 0 saturated carbocycles. The number of alkyl carbamates (subject to hydrolysis) is 2. The first-order valence-corrected chi connectivity index (χ1v) is 22.2. The second-order valence-electron chi connectivity index (χ2n) is 16.2. The lowest BCUT2D eigenvalue weighted by Crippen LogP contribution is -2.51. The molecule has 0 bridgehead atoms. The molecule has 0 radical (unpaired) electrons. The summed E-state index contributed by atoms with van der Waals surface area (Å²) in [6.07, 6.45) is 3.89. The zero-order valence-corrected chi connectivity index (χ0v) is 36.2. The molecule has 4 aromatic heterocycles. The van der Waals surface area contributed by atoms with Crippen molar-refractivity contribution in [2.75, 3.05) is 27.3 Å². The maximum absolute atomic E-state index is 13.7. The number of H-pyrrole nitrogens is 2. The van der Waals surface area contributed by atoms with Crippen LogP contribution in [0.1, 0.15) is 77.1 Å². The number of hydrogen-bond donors (Lipinski definition) is 4. The summed E-state index contributed by atoms with van der Waals surface area (Å²) in [5.74, 6) is 1.01. The standard InChI is InChI=1S/C44H50N8O6S2/c1-23(2)35(49-43(55)57-5)41(53)51-17-7-9-33(51)39-45-20-32(48-39)29-22-60-37-28(21-59-38(29)37)26-13-11-25(12-14-26)27-15-16-30-31(19-27)47-40(46-30)34-10-8-18-52(34)42(54)36(24(3)4)50-44(56)58-6/h11-16,19-24,33-36H,7-10,17-18H2,1-6H3,(H,45,48)(H,46,47)(H,49,55)(H,50,56)/t33?,34?,35-,36-/m0/s1. The van der Waals surface area contributed by atoms with Crippen LogP contribution >= 0.6 is 22.7 Å². The van der Waals surface area contributed by atoms with Gasteiger partial charge in [0.25, 0.3) is 0 Å². The molecule has 2 aromatic carbocycles. The Kier molecular flexibility index (Phi) is 11.7. The molecule has 0 aliphatic carbocycles. The first-order chi connectivity index (χ1) is 28.9. The Balaban J connectivity index is 0.974. The van der Waals surface area contributed by atoms with Crippen molar-refractivity contribution in [2.24, 2.45) is 11.8 Å². The van der Waals surface area contributed by atoms with Gasteiger partial charge in [0, 0.05) is 35.0 Å². The van der Waals surface area contributed by atoms with Crippen LogP contribution in [0.5, 0.6) is 0 Å². The van der Waals surface area contributed by atoms with Crippen molar-refractivity contribution in [2.45, 2.75) is 77.5 Å². The topological polar surface area (TPSA) is 175 Å². The zero-order chi connectivity index (χ0) is 42.2. The number of benzene rings is 2. The lowest BCUT2D eigenvalue weighted by atomic mass is 10.0. The van der Waals surface area contributed by atoms with Crippen molar-refractivity contribution in [1.82, 2.24) is 40.4 Å². The van der Waals surface area contributed by atoms with Crippen LogP contribution in [0.4, 0.5) is 9.59 Å². The average Bonchev–Trinajstić information content (AvgIpc) is 4.10. The minimum Gasteiger partial charge on any atom is -0.453 e. The van der Waals surface area contributed by atoms with Gasteiger partial charge in [0.15, 0.2) is 0 Å². The number of likely N-dealkylation sites (tertiary alicyclic amines) is 2. The molecule has 4 amide bonds. The van der Waals surface area contributed by atoms with E-state index in [0.29, 0.717) is 13.1 Å². The smallest absolute Gasteiger partial charge is 0.407 e. The summed E-state index contributed by atoms with van der Waals surface area (Å²) < 4.78 is 11.9. The van der Waals surface area contributed by atoms with Gasteiger partial charge in [-0.3, -0.25) is 9.59 Å². The second kappa shape index (κ2) is 17.1.